The van der Waals surface area contributed by atoms with Gasteiger partial charge in [-0.3, -0.25) is 4.79 Å². The molecule has 1 rings (SSSR count). The van der Waals surface area contributed by atoms with E-state index >= 15 is 0 Å². The zero-order valence-electron chi connectivity index (χ0n) is 7.23. The minimum absolute atomic E-state index is 0.297. The van der Waals surface area contributed by atoms with E-state index in [4.69, 9.17) is 0 Å². The number of benzene rings is 1. The lowest BCUT2D eigenvalue weighted by Gasteiger charge is -2.05. The molecule has 0 fully saturated rings. The molecule has 0 aliphatic carbocycles. The average Bonchev–Trinajstić information content (AvgIpc) is 2.18. The Morgan fingerprint density at radius 2 is 2.46 bits per heavy atom. The molecular weight excluding hydrogens is 164 g/mol. The van der Waals surface area contributed by atoms with E-state index in [-0.39, 0.29) is 5.78 Å². The second kappa shape index (κ2) is 4.58. The Balaban J connectivity index is 2.60. The molecule has 2 nitrogen and oxygen atoms in total. The fourth-order valence-corrected chi connectivity index (χ4v) is 1.00. The van der Waals surface area contributed by atoms with Gasteiger partial charge in [-0.05, 0) is 17.7 Å². The molecule has 0 bridgehead atoms. The molecule has 0 spiro atoms. The monoisotopic (exact) mass is 175 g/mol. The number of aliphatic hydroxyl groups is 1. The Morgan fingerprint density at radius 1 is 1.69 bits per heavy atom. The SMILES string of the molecule is C=CC(=O)C(O)Cc1[c]cccc1. The quantitative estimate of drug-likeness (QED) is 0.697. The van der Waals surface area contributed by atoms with Gasteiger partial charge in [-0.1, -0.05) is 30.8 Å². The Labute approximate surface area is 77.5 Å². The van der Waals surface area contributed by atoms with Crippen LogP contribution < -0.4 is 0 Å². The first kappa shape index (κ1) is 9.68. The van der Waals surface area contributed by atoms with Crippen LogP contribution in [-0.2, 0) is 11.2 Å². The lowest BCUT2D eigenvalue weighted by Crippen LogP contribution is -2.20. The van der Waals surface area contributed by atoms with Crippen LogP contribution in [-0.4, -0.2) is 17.0 Å². The fraction of sp³-hybridized carbons (Fsp3) is 0.182. The third-order valence-electron chi connectivity index (χ3n) is 1.72. The number of rotatable bonds is 4. The Hall–Kier alpha value is -1.41. The summed E-state index contributed by atoms with van der Waals surface area (Å²) in [4.78, 5) is 10.9. The van der Waals surface area contributed by atoms with Crippen molar-refractivity contribution in [2.75, 3.05) is 0 Å². The van der Waals surface area contributed by atoms with Crippen LogP contribution >= 0.6 is 0 Å². The van der Waals surface area contributed by atoms with Crippen molar-refractivity contribution < 1.29 is 9.90 Å². The topological polar surface area (TPSA) is 37.3 Å². The van der Waals surface area contributed by atoms with Gasteiger partial charge in [0.2, 0.25) is 0 Å². The van der Waals surface area contributed by atoms with Crippen LogP contribution in [0.2, 0.25) is 0 Å². The molecule has 1 unspecified atom stereocenters. The smallest absolute Gasteiger partial charge is 0.183 e. The summed E-state index contributed by atoms with van der Waals surface area (Å²) < 4.78 is 0. The lowest BCUT2D eigenvalue weighted by molar-refractivity contribution is -0.122. The van der Waals surface area contributed by atoms with E-state index in [2.05, 4.69) is 12.6 Å². The van der Waals surface area contributed by atoms with Crippen LogP contribution in [0.1, 0.15) is 5.56 Å². The van der Waals surface area contributed by atoms with E-state index in [1.807, 2.05) is 18.2 Å². The van der Waals surface area contributed by atoms with Crippen molar-refractivity contribution in [3.63, 3.8) is 0 Å². The Morgan fingerprint density at radius 3 is 3.00 bits per heavy atom. The number of carbonyl (C=O) groups excluding carboxylic acids is 1. The van der Waals surface area contributed by atoms with Crippen molar-refractivity contribution in [3.8, 4) is 0 Å². The molecule has 0 aromatic heterocycles. The highest BCUT2D eigenvalue weighted by molar-refractivity contribution is 5.92. The molecule has 1 atom stereocenters. The van der Waals surface area contributed by atoms with Crippen LogP contribution in [0.25, 0.3) is 0 Å². The fourth-order valence-electron chi connectivity index (χ4n) is 1.00. The molecule has 0 heterocycles. The highest BCUT2D eigenvalue weighted by Crippen LogP contribution is 2.02. The maximum atomic E-state index is 10.9. The van der Waals surface area contributed by atoms with Gasteiger partial charge in [0.15, 0.2) is 5.78 Å². The summed E-state index contributed by atoms with van der Waals surface area (Å²) in [6.45, 7) is 3.30. The first-order valence-electron chi connectivity index (χ1n) is 4.04. The van der Waals surface area contributed by atoms with Gasteiger partial charge < -0.3 is 5.11 Å². The van der Waals surface area contributed by atoms with Gasteiger partial charge in [-0.2, -0.15) is 0 Å². The number of ketones is 1. The molecule has 0 aliphatic rings. The molecule has 1 N–H and O–H groups in total. The van der Waals surface area contributed by atoms with Gasteiger partial charge in [0.25, 0.3) is 0 Å². The molecule has 0 amide bonds. The zero-order chi connectivity index (χ0) is 9.68. The maximum Gasteiger partial charge on any atom is 0.183 e. The van der Waals surface area contributed by atoms with Crippen molar-refractivity contribution in [1.82, 2.24) is 0 Å². The maximum absolute atomic E-state index is 10.9. The third-order valence-corrected chi connectivity index (χ3v) is 1.72. The standard InChI is InChI=1S/C11H11O2/c1-2-10(12)11(13)8-9-6-4-3-5-7-9/h2-6,11,13H,1,8H2. The second-order valence-corrected chi connectivity index (χ2v) is 2.71. The highest BCUT2D eigenvalue weighted by Gasteiger charge is 2.11. The largest absolute Gasteiger partial charge is 0.385 e. The second-order valence-electron chi connectivity index (χ2n) is 2.71. The molecule has 2 heteroatoms. The Kier molecular flexibility index (Phi) is 3.41. The minimum Gasteiger partial charge on any atom is -0.385 e. The zero-order valence-corrected chi connectivity index (χ0v) is 7.23. The lowest BCUT2D eigenvalue weighted by atomic mass is 10.1. The summed E-state index contributed by atoms with van der Waals surface area (Å²) in [5.74, 6) is -0.350. The van der Waals surface area contributed by atoms with Gasteiger partial charge in [-0.15, -0.1) is 0 Å². The van der Waals surface area contributed by atoms with Crippen molar-refractivity contribution >= 4 is 5.78 Å². The van der Waals surface area contributed by atoms with E-state index in [9.17, 15) is 9.90 Å². The molecule has 0 saturated heterocycles. The van der Waals surface area contributed by atoms with Gasteiger partial charge in [0.1, 0.15) is 6.10 Å². The summed E-state index contributed by atoms with van der Waals surface area (Å²) >= 11 is 0. The summed E-state index contributed by atoms with van der Waals surface area (Å²) in [5, 5.41) is 9.33. The molecule has 67 valence electrons. The normalized spacial score (nSPS) is 12.1. The third kappa shape index (κ3) is 2.84. The summed E-state index contributed by atoms with van der Waals surface area (Å²) in [6, 6.07) is 10.2. The molecule has 1 aromatic rings. The molecule has 0 saturated carbocycles. The van der Waals surface area contributed by atoms with Crippen LogP contribution in [0.4, 0.5) is 0 Å². The van der Waals surface area contributed by atoms with Crippen molar-refractivity contribution in [1.29, 1.82) is 0 Å². The van der Waals surface area contributed by atoms with Crippen LogP contribution in [0.3, 0.4) is 0 Å². The summed E-state index contributed by atoms with van der Waals surface area (Å²) in [7, 11) is 0. The first-order chi connectivity index (χ1) is 6.24. The number of hydrogen-bond donors (Lipinski definition) is 1. The van der Waals surface area contributed by atoms with E-state index in [0.29, 0.717) is 6.42 Å². The predicted octanol–water partition coefficient (Wildman–Crippen LogP) is 1.15. The minimum atomic E-state index is -0.990. The van der Waals surface area contributed by atoms with E-state index in [1.165, 1.54) is 0 Å². The number of carbonyl (C=O) groups is 1. The molecule has 13 heavy (non-hydrogen) atoms. The van der Waals surface area contributed by atoms with E-state index in [0.717, 1.165) is 11.6 Å². The van der Waals surface area contributed by atoms with Crippen molar-refractivity contribution in [3.05, 3.63) is 48.6 Å². The van der Waals surface area contributed by atoms with Crippen LogP contribution in [0, 0.1) is 6.07 Å². The van der Waals surface area contributed by atoms with Gasteiger partial charge in [0, 0.05) is 6.42 Å². The predicted molar refractivity (Wildman–Crippen MR) is 50.2 cm³/mol. The van der Waals surface area contributed by atoms with Crippen LogP contribution in [0.5, 0.6) is 0 Å². The molecule has 1 aromatic carbocycles. The highest BCUT2D eigenvalue weighted by atomic mass is 16.3. The van der Waals surface area contributed by atoms with Crippen molar-refractivity contribution in [2.24, 2.45) is 0 Å². The van der Waals surface area contributed by atoms with Gasteiger partial charge >= 0.3 is 0 Å². The Bertz CT molecular complexity index is 290. The summed E-state index contributed by atoms with van der Waals surface area (Å²) in [6.07, 6.45) is 0.440. The summed E-state index contributed by atoms with van der Waals surface area (Å²) in [5.41, 5.74) is 0.824. The average molecular weight is 175 g/mol. The van der Waals surface area contributed by atoms with Crippen molar-refractivity contribution in [2.45, 2.75) is 12.5 Å². The number of hydrogen-bond acceptors (Lipinski definition) is 2. The first-order valence-corrected chi connectivity index (χ1v) is 4.04. The molecule has 0 aliphatic heterocycles. The number of aliphatic hydroxyl groups excluding tert-OH is 1. The van der Waals surface area contributed by atoms with E-state index in [1.54, 1.807) is 6.07 Å². The van der Waals surface area contributed by atoms with E-state index < -0.39 is 6.10 Å². The van der Waals surface area contributed by atoms with Gasteiger partial charge in [-0.25, -0.2) is 0 Å². The molecular formula is C11H11O2. The van der Waals surface area contributed by atoms with Crippen LogP contribution in [0.15, 0.2) is 36.9 Å². The van der Waals surface area contributed by atoms with Gasteiger partial charge in [0.05, 0.1) is 0 Å². The molecule has 1 radical (unpaired) electrons.